The molecule has 1 aromatic rings. The van der Waals surface area contributed by atoms with Gasteiger partial charge in [-0.3, -0.25) is 9.78 Å². The molecule has 1 aromatic heterocycles. The van der Waals surface area contributed by atoms with Crippen LogP contribution in [0.1, 0.15) is 18.2 Å². The number of aliphatic hydroxyl groups is 2. The van der Waals surface area contributed by atoms with Crippen molar-refractivity contribution < 1.29 is 10.2 Å². The van der Waals surface area contributed by atoms with Crippen molar-refractivity contribution in [1.82, 2.24) is 15.3 Å². The van der Waals surface area contributed by atoms with E-state index in [1.54, 1.807) is 0 Å². The summed E-state index contributed by atoms with van der Waals surface area (Å²) in [4.78, 5) is 18.1. The van der Waals surface area contributed by atoms with Gasteiger partial charge >= 0.3 is 0 Å². The molecule has 6 N–H and O–H groups in total. The maximum absolute atomic E-state index is 11.6. The van der Waals surface area contributed by atoms with Crippen molar-refractivity contribution >= 4 is 11.6 Å². The average molecular weight is 266 g/mol. The number of H-pyrrole nitrogens is 1. The number of hydrogen-bond acceptors (Lipinski definition) is 8. The van der Waals surface area contributed by atoms with Crippen LogP contribution in [0.5, 0.6) is 0 Å². The van der Waals surface area contributed by atoms with E-state index in [0.29, 0.717) is 12.1 Å². The summed E-state index contributed by atoms with van der Waals surface area (Å²) < 4.78 is 0. The summed E-state index contributed by atoms with van der Waals surface area (Å²) in [5.74, 6) is 0.0123. The number of aromatic nitrogens is 2. The molecule has 1 fully saturated rings. The molecule has 0 saturated carbocycles. The van der Waals surface area contributed by atoms with Crippen molar-refractivity contribution in [3.8, 4) is 0 Å². The van der Waals surface area contributed by atoms with Crippen LogP contribution < -0.4 is 16.6 Å². The molecule has 0 amide bonds. The molecule has 3 heterocycles. The van der Waals surface area contributed by atoms with E-state index < -0.39 is 23.7 Å². The molecule has 9 heteroatoms. The second-order valence-corrected chi connectivity index (χ2v) is 4.71. The van der Waals surface area contributed by atoms with Gasteiger partial charge in [0.2, 0.25) is 5.95 Å². The molecule has 102 valence electrons. The normalized spacial score (nSPS) is 32.7. The van der Waals surface area contributed by atoms with Gasteiger partial charge in [-0.15, -0.1) is 5.11 Å². The molecular weight excluding hydrogens is 252 g/mol. The smallest absolute Gasteiger partial charge is 0.280 e. The zero-order chi connectivity index (χ0) is 13.6. The van der Waals surface area contributed by atoms with Crippen molar-refractivity contribution in [1.29, 1.82) is 0 Å². The van der Waals surface area contributed by atoms with Crippen molar-refractivity contribution in [3.05, 3.63) is 16.0 Å². The van der Waals surface area contributed by atoms with E-state index in [2.05, 4.69) is 25.5 Å². The van der Waals surface area contributed by atoms with E-state index in [-0.39, 0.29) is 24.3 Å². The molecule has 19 heavy (non-hydrogen) atoms. The first-order valence-corrected chi connectivity index (χ1v) is 5.95. The van der Waals surface area contributed by atoms with E-state index in [0.717, 1.165) is 0 Å². The number of aliphatic hydroxyl groups excluding tert-OH is 2. The Morgan fingerprint density at radius 2 is 2.26 bits per heavy atom. The van der Waals surface area contributed by atoms with Gasteiger partial charge in [-0.2, -0.15) is 5.11 Å². The zero-order valence-electron chi connectivity index (χ0n) is 9.95. The van der Waals surface area contributed by atoms with Crippen LogP contribution in [0.4, 0.5) is 11.6 Å². The zero-order valence-corrected chi connectivity index (χ0v) is 9.95. The third-order valence-electron chi connectivity index (χ3n) is 3.47. The standard InChI is InChI=1S/C10H14N6O3/c11-10-13-7-6(15-16-8(7)9(19)14-10)3-1-5(18)4(2-17)12-3/h3-6,12,17-18H,1-2H2,(H3,11,13,14,19)/t3-,4-,5+,6?/m0/s1. The molecule has 2 aliphatic heterocycles. The fourth-order valence-electron chi connectivity index (χ4n) is 2.52. The van der Waals surface area contributed by atoms with Crippen LogP contribution in [0.2, 0.25) is 0 Å². The molecule has 2 aliphatic rings. The van der Waals surface area contributed by atoms with Gasteiger partial charge < -0.3 is 21.3 Å². The topological polar surface area (TPSA) is 149 Å². The Morgan fingerprint density at radius 1 is 1.47 bits per heavy atom. The SMILES string of the molecule is Nc1nc2c(c(=O)[nH]1)N=NC2[C@@H]1C[C@@H](O)[C@H](CO)N1. The van der Waals surface area contributed by atoms with Crippen LogP contribution in [0, 0.1) is 0 Å². The molecule has 1 unspecified atom stereocenters. The first-order valence-electron chi connectivity index (χ1n) is 5.95. The van der Waals surface area contributed by atoms with E-state index in [1.165, 1.54) is 0 Å². The van der Waals surface area contributed by atoms with Gasteiger partial charge in [-0.1, -0.05) is 0 Å². The Morgan fingerprint density at radius 3 is 2.95 bits per heavy atom. The predicted molar refractivity (Wildman–Crippen MR) is 64.9 cm³/mol. The number of nitrogens with two attached hydrogens (primary N) is 1. The monoisotopic (exact) mass is 266 g/mol. The van der Waals surface area contributed by atoms with Gasteiger partial charge in [0.15, 0.2) is 5.69 Å². The molecule has 1 saturated heterocycles. The number of hydrogen-bond donors (Lipinski definition) is 5. The summed E-state index contributed by atoms with van der Waals surface area (Å²) in [6, 6.07) is -1.10. The van der Waals surface area contributed by atoms with Crippen LogP contribution in [0.15, 0.2) is 15.0 Å². The summed E-state index contributed by atoms with van der Waals surface area (Å²) in [6.45, 7) is -0.167. The first kappa shape index (κ1) is 12.2. The Labute approximate surface area is 107 Å². The lowest BCUT2D eigenvalue weighted by Gasteiger charge is -2.16. The summed E-state index contributed by atoms with van der Waals surface area (Å²) in [7, 11) is 0. The predicted octanol–water partition coefficient (Wildman–Crippen LogP) is -1.43. The van der Waals surface area contributed by atoms with Crippen LogP contribution in [0.3, 0.4) is 0 Å². The van der Waals surface area contributed by atoms with Crippen molar-refractivity contribution in [2.24, 2.45) is 10.2 Å². The lowest BCUT2D eigenvalue weighted by molar-refractivity contribution is 0.121. The molecule has 0 radical (unpaired) electrons. The number of azo groups is 1. The summed E-state index contributed by atoms with van der Waals surface area (Å²) >= 11 is 0. The molecule has 0 bridgehead atoms. The lowest BCUT2D eigenvalue weighted by atomic mass is 10.0. The minimum absolute atomic E-state index is 0.0123. The highest BCUT2D eigenvalue weighted by Gasteiger charge is 2.40. The number of fused-ring (bicyclic) bond motifs is 1. The number of nitrogens with zero attached hydrogens (tertiary/aromatic N) is 3. The average Bonchev–Trinajstić information content (AvgIpc) is 2.92. The van der Waals surface area contributed by atoms with Gasteiger partial charge in [-0.05, 0) is 6.42 Å². The number of nitrogens with one attached hydrogen (secondary N) is 2. The fourth-order valence-corrected chi connectivity index (χ4v) is 2.52. The first-order chi connectivity index (χ1) is 9.10. The minimum atomic E-state index is -0.659. The van der Waals surface area contributed by atoms with E-state index in [9.17, 15) is 9.90 Å². The number of rotatable bonds is 2. The molecule has 3 rings (SSSR count). The van der Waals surface area contributed by atoms with Gasteiger partial charge in [0, 0.05) is 6.04 Å². The van der Waals surface area contributed by atoms with Gasteiger partial charge in [0.25, 0.3) is 5.56 Å². The summed E-state index contributed by atoms with van der Waals surface area (Å²) in [5.41, 5.74) is 5.65. The maximum Gasteiger partial charge on any atom is 0.280 e. The van der Waals surface area contributed by atoms with Crippen LogP contribution >= 0.6 is 0 Å². The highest BCUT2D eigenvalue weighted by Crippen LogP contribution is 2.37. The Hall–Kier alpha value is -1.84. The van der Waals surface area contributed by atoms with Gasteiger partial charge in [0.05, 0.1) is 18.8 Å². The molecule has 4 atom stereocenters. The largest absolute Gasteiger partial charge is 0.395 e. The second-order valence-electron chi connectivity index (χ2n) is 4.71. The Balaban J connectivity index is 1.92. The number of aromatic amines is 1. The van der Waals surface area contributed by atoms with Crippen molar-refractivity contribution in [3.63, 3.8) is 0 Å². The van der Waals surface area contributed by atoms with E-state index in [4.69, 9.17) is 10.8 Å². The lowest BCUT2D eigenvalue weighted by Crippen LogP contribution is -2.38. The minimum Gasteiger partial charge on any atom is -0.395 e. The van der Waals surface area contributed by atoms with E-state index >= 15 is 0 Å². The molecule has 0 spiro atoms. The highest BCUT2D eigenvalue weighted by atomic mass is 16.3. The molecule has 0 aliphatic carbocycles. The third kappa shape index (κ3) is 1.91. The Kier molecular flexibility index (Phi) is 2.81. The number of nitrogen functional groups attached to an aromatic ring is 1. The van der Waals surface area contributed by atoms with E-state index in [1.807, 2.05) is 0 Å². The highest BCUT2D eigenvalue weighted by molar-refractivity contribution is 5.46. The van der Waals surface area contributed by atoms with Gasteiger partial charge in [0.1, 0.15) is 11.7 Å². The maximum atomic E-state index is 11.6. The molecule has 0 aromatic carbocycles. The van der Waals surface area contributed by atoms with Crippen LogP contribution in [-0.2, 0) is 0 Å². The third-order valence-corrected chi connectivity index (χ3v) is 3.47. The molecule has 9 nitrogen and oxygen atoms in total. The number of anilines is 1. The quantitative estimate of drug-likeness (QED) is 0.443. The fraction of sp³-hybridized carbons (Fsp3) is 0.600. The van der Waals surface area contributed by atoms with Crippen LogP contribution in [-0.4, -0.2) is 45.0 Å². The summed E-state index contributed by atoms with van der Waals surface area (Å²) in [6.07, 6.45) is -0.253. The second kappa shape index (κ2) is 4.37. The molecular formula is C10H14N6O3. The Bertz CT molecular complexity index is 585. The van der Waals surface area contributed by atoms with Crippen molar-refractivity contribution in [2.45, 2.75) is 30.7 Å². The van der Waals surface area contributed by atoms with Gasteiger partial charge in [-0.25, -0.2) is 4.98 Å². The van der Waals surface area contributed by atoms with Crippen molar-refractivity contribution in [2.75, 3.05) is 12.3 Å². The summed E-state index contributed by atoms with van der Waals surface area (Å²) in [5, 5.41) is 29.8. The van der Waals surface area contributed by atoms with Crippen LogP contribution in [0.25, 0.3) is 0 Å².